The van der Waals surface area contributed by atoms with E-state index in [1.165, 1.54) is 0 Å². The minimum absolute atomic E-state index is 0.146. The van der Waals surface area contributed by atoms with Crippen molar-refractivity contribution in [2.75, 3.05) is 13.1 Å². The minimum Gasteiger partial charge on any atom is -0.507 e. The van der Waals surface area contributed by atoms with Gasteiger partial charge in [-0.05, 0) is 71.4 Å². The van der Waals surface area contributed by atoms with Gasteiger partial charge in [0.2, 0.25) is 0 Å². The van der Waals surface area contributed by atoms with E-state index in [4.69, 9.17) is 0 Å². The van der Waals surface area contributed by atoms with Gasteiger partial charge in [0.25, 0.3) is 0 Å². The summed E-state index contributed by atoms with van der Waals surface area (Å²) in [5.41, 5.74) is 1.75. The predicted octanol–water partition coefficient (Wildman–Crippen LogP) is 4.73. The fraction of sp³-hybridized carbons (Fsp3) is 0.778. The molecule has 182 valence electrons. The van der Waals surface area contributed by atoms with Crippen molar-refractivity contribution in [1.82, 2.24) is 9.80 Å². The number of phenols is 1. The Bertz CT molecular complexity index is 698. The van der Waals surface area contributed by atoms with Crippen molar-refractivity contribution in [1.29, 1.82) is 0 Å². The lowest BCUT2D eigenvalue weighted by Crippen LogP contribution is -2.49. The summed E-state index contributed by atoms with van der Waals surface area (Å²) < 4.78 is 0. The molecule has 1 aromatic carbocycles. The molecule has 5 heteroatoms. The Morgan fingerprint density at radius 3 is 1.50 bits per heavy atom. The molecule has 0 amide bonds. The van der Waals surface area contributed by atoms with Gasteiger partial charge in [-0.2, -0.15) is 0 Å². The number of likely N-dealkylation sites (tertiary alicyclic amines) is 2. The highest BCUT2D eigenvalue weighted by Crippen LogP contribution is 2.37. The van der Waals surface area contributed by atoms with Crippen LogP contribution >= 0.6 is 0 Å². The van der Waals surface area contributed by atoms with Gasteiger partial charge >= 0.3 is 0 Å². The highest BCUT2D eigenvalue weighted by molar-refractivity contribution is 5.43. The molecular weight excluding hydrogens is 400 g/mol. The van der Waals surface area contributed by atoms with E-state index in [2.05, 4.69) is 56.6 Å². The molecular formula is C27H46N2O3. The van der Waals surface area contributed by atoms with Crippen molar-refractivity contribution in [2.45, 2.75) is 122 Å². The van der Waals surface area contributed by atoms with Crippen LogP contribution in [0.5, 0.6) is 5.75 Å². The normalized spacial score (nSPS) is 23.3. The first kappa shape index (κ1) is 25.5. The number of hydrogen-bond acceptors (Lipinski definition) is 5. The molecule has 32 heavy (non-hydrogen) atoms. The van der Waals surface area contributed by atoms with Crippen molar-refractivity contribution in [3.05, 3.63) is 28.8 Å². The molecule has 0 unspecified atom stereocenters. The molecule has 2 heterocycles. The Kier molecular flexibility index (Phi) is 8.30. The van der Waals surface area contributed by atoms with Crippen LogP contribution in [0.1, 0.15) is 95.8 Å². The first-order valence-electron chi connectivity index (χ1n) is 13.0. The number of aromatic hydroxyl groups is 1. The van der Waals surface area contributed by atoms with E-state index in [1.807, 2.05) is 0 Å². The standard InChI is InChI=1S/C27H46N2O3/c1-6-26(31,7-2)23-12-10-14-28(23)18-21-16-20(5)17-22(25(21)30)19-29-15-11-13-24(29)27(32,8-3)9-4/h16-17,23-24,30-32H,6-15,18-19H2,1-5H3/t23-,24-/m0/s1. The number of hydrogen-bond donors (Lipinski definition) is 3. The maximum Gasteiger partial charge on any atom is 0.124 e. The zero-order valence-corrected chi connectivity index (χ0v) is 21.0. The second-order valence-electron chi connectivity index (χ2n) is 10.3. The lowest BCUT2D eigenvalue weighted by molar-refractivity contribution is -0.0422. The lowest BCUT2D eigenvalue weighted by atomic mass is 9.86. The summed E-state index contributed by atoms with van der Waals surface area (Å²) in [7, 11) is 0. The van der Waals surface area contributed by atoms with Crippen LogP contribution in [0, 0.1) is 6.92 Å². The van der Waals surface area contributed by atoms with E-state index in [-0.39, 0.29) is 12.1 Å². The summed E-state index contributed by atoms with van der Waals surface area (Å²) >= 11 is 0. The number of aryl methyl sites for hydroxylation is 1. The number of rotatable bonds is 10. The molecule has 3 N–H and O–H groups in total. The molecule has 2 saturated heterocycles. The Labute approximate surface area is 195 Å². The van der Waals surface area contributed by atoms with Crippen LogP contribution in [-0.4, -0.2) is 61.5 Å². The van der Waals surface area contributed by atoms with E-state index in [0.29, 0.717) is 18.8 Å². The average molecular weight is 447 g/mol. The molecule has 2 fully saturated rings. The van der Waals surface area contributed by atoms with Crippen LogP contribution in [-0.2, 0) is 13.1 Å². The third kappa shape index (κ3) is 5.01. The van der Waals surface area contributed by atoms with Crippen molar-refractivity contribution in [3.63, 3.8) is 0 Å². The van der Waals surface area contributed by atoms with Gasteiger partial charge in [0.15, 0.2) is 0 Å². The summed E-state index contributed by atoms with van der Waals surface area (Å²) in [6, 6.07) is 4.49. The quantitative estimate of drug-likeness (QED) is 0.485. The van der Waals surface area contributed by atoms with E-state index >= 15 is 0 Å². The summed E-state index contributed by atoms with van der Waals surface area (Å²) in [6.45, 7) is 13.7. The second-order valence-corrected chi connectivity index (χ2v) is 10.3. The van der Waals surface area contributed by atoms with E-state index in [0.717, 1.165) is 81.1 Å². The van der Waals surface area contributed by atoms with Crippen molar-refractivity contribution >= 4 is 0 Å². The van der Waals surface area contributed by atoms with Gasteiger partial charge in [0.05, 0.1) is 11.2 Å². The van der Waals surface area contributed by atoms with Crippen molar-refractivity contribution < 1.29 is 15.3 Å². The highest BCUT2D eigenvalue weighted by atomic mass is 16.3. The van der Waals surface area contributed by atoms with Gasteiger partial charge in [-0.15, -0.1) is 0 Å². The SMILES string of the molecule is CCC(O)(CC)[C@@H]1CCCN1Cc1cc(C)cc(CN2CCC[C@H]2C(O)(CC)CC)c1O. The Hall–Kier alpha value is -1.14. The molecule has 0 aromatic heterocycles. The first-order chi connectivity index (χ1) is 15.2. The van der Waals surface area contributed by atoms with Gasteiger partial charge in [0, 0.05) is 36.3 Å². The van der Waals surface area contributed by atoms with Gasteiger partial charge in [0.1, 0.15) is 5.75 Å². The molecule has 3 rings (SSSR count). The fourth-order valence-electron chi connectivity index (χ4n) is 6.30. The van der Waals surface area contributed by atoms with Gasteiger partial charge in [-0.3, -0.25) is 9.80 Å². The zero-order valence-electron chi connectivity index (χ0n) is 21.0. The third-order valence-electron chi connectivity index (χ3n) is 8.58. The summed E-state index contributed by atoms with van der Waals surface area (Å²) in [5.74, 6) is 0.389. The molecule has 0 saturated carbocycles. The molecule has 0 spiro atoms. The molecule has 0 radical (unpaired) electrons. The number of phenolic OH excluding ortho intramolecular Hbond substituents is 1. The number of nitrogens with zero attached hydrogens (tertiary/aromatic N) is 2. The maximum absolute atomic E-state index is 11.3. The summed E-state index contributed by atoms with van der Waals surface area (Å²) in [4.78, 5) is 4.74. The summed E-state index contributed by atoms with van der Waals surface area (Å²) in [5, 5.41) is 33.6. The topological polar surface area (TPSA) is 67.2 Å². The van der Waals surface area contributed by atoms with E-state index in [1.54, 1.807) is 0 Å². The molecule has 5 nitrogen and oxygen atoms in total. The summed E-state index contributed by atoms with van der Waals surface area (Å²) in [6.07, 6.45) is 7.23. The highest BCUT2D eigenvalue weighted by Gasteiger charge is 2.41. The minimum atomic E-state index is -0.660. The van der Waals surface area contributed by atoms with Crippen molar-refractivity contribution in [3.8, 4) is 5.75 Å². The number of aliphatic hydroxyl groups is 2. The predicted molar refractivity (Wildman–Crippen MR) is 131 cm³/mol. The van der Waals surface area contributed by atoms with Crippen LogP contribution in [0.3, 0.4) is 0 Å². The van der Waals surface area contributed by atoms with Gasteiger partial charge < -0.3 is 15.3 Å². The molecule has 2 aliphatic rings. The van der Waals surface area contributed by atoms with Gasteiger partial charge in [-0.25, -0.2) is 0 Å². The molecule has 1 aromatic rings. The molecule has 0 aliphatic carbocycles. The zero-order chi connectivity index (χ0) is 23.5. The van der Waals surface area contributed by atoms with Crippen LogP contribution in [0.4, 0.5) is 0 Å². The van der Waals surface area contributed by atoms with Crippen molar-refractivity contribution in [2.24, 2.45) is 0 Å². The van der Waals surface area contributed by atoms with E-state index in [9.17, 15) is 15.3 Å². The van der Waals surface area contributed by atoms with Gasteiger partial charge in [-0.1, -0.05) is 45.4 Å². The maximum atomic E-state index is 11.3. The van der Waals surface area contributed by atoms with Crippen LogP contribution in [0.2, 0.25) is 0 Å². The monoisotopic (exact) mass is 446 g/mol. The Balaban J connectivity index is 1.82. The van der Waals surface area contributed by atoms with Crippen LogP contribution in [0.25, 0.3) is 0 Å². The Morgan fingerprint density at radius 1 is 0.781 bits per heavy atom. The van der Waals surface area contributed by atoms with E-state index < -0.39 is 11.2 Å². The first-order valence-corrected chi connectivity index (χ1v) is 13.0. The third-order valence-corrected chi connectivity index (χ3v) is 8.58. The average Bonchev–Trinajstić information content (AvgIpc) is 3.46. The Morgan fingerprint density at radius 2 is 1.16 bits per heavy atom. The smallest absolute Gasteiger partial charge is 0.124 e. The van der Waals surface area contributed by atoms with Crippen LogP contribution in [0.15, 0.2) is 12.1 Å². The molecule has 0 bridgehead atoms. The largest absolute Gasteiger partial charge is 0.507 e. The second kappa shape index (κ2) is 10.4. The fourth-order valence-corrected chi connectivity index (χ4v) is 6.30. The molecule has 2 aliphatic heterocycles. The molecule has 2 atom stereocenters. The van der Waals surface area contributed by atoms with Crippen LogP contribution < -0.4 is 0 Å². The lowest BCUT2D eigenvalue weighted by Gasteiger charge is -2.39. The number of benzene rings is 1.